The van der Waals surface area contributed by atoms with Crippen molar-refractivity contribution in [3.05, 3.63) is 65.6 Å². The first kappa shape index (κ1) is 12.3. The van der Waals surface area contributed by atoms with Gasteiger partial charge in [0, 0.05) is 5.57 Å². The normalized spacial score (nSPS) is 11.4. The smallest absolute Gasteiger partial charge is 0.148 e. The van der Waals surface area contributed by atoms with Crippen LogP contribution in [-0.2, 0) is 16.1 Å². The Balaban J connectivity index is 1.87. The van der Waals surface area contributed by atoms with Crippen LogP contribution >= 0.6 is 0 Å². The minimum absolute atomic E-state index is 0.277. The second-order valence-corrected chi connectivity index (χ2v) is 3.83. The standard InChI is InChI=1S/C15H14O3/c16-10-14(9-15-7-4-8-18-15)12-17-11-13-5-2-1-3-6-13/h1-10H,11-12H2/b14-9-. The van der Waals surface area contributed by atoms with Crippen LogP contribution in [0.5, 0.6) is 0 Å². The van der Waals surface area contributed by atoms with Crippen LogP contribution in [0.25, 0.3) is 6.08 Å². The first-order chi connectivity index (χ1) is 8.88. The number of hydrogen-bond donors (Lipinski definition) is 0. The molecular weight excluding hydrogens is 228 g/mol. The van der Waals surface area contributed by atoms with Crippen LogP contribution in [0.1, 0.15) is 11.3 Å². The van der Waals surface area contributed by atoms with E-state index in [-0.39, 0.29) is 6.61 Å². The van der Waals surface area contributed by atoms with E-state index in [0.717, 1.165) is 11.8 Å². The Hall–Kier alpha value is -2.13. The lowest BCUT2D eigenvalue weighted by Crippen LogP contribution is -1.99. The quantitative estimate of drug-likeness (QED) is 0.577. The Morgan fingerprint density at radius 3 is 2.67 bits per heavy atom. The van der Waals surface area contributed by atoms with E-state index in [1.54, 1.807) is 24.5 Å². The van der Waals surface area contributed by atoms with Crippen molar-refractivity contribution < 1.29 is 13.9 Å². The molecule has 0 radical (unpaired) electrons. The van der Waals surface area contributed by atoms with E-state index in [1.165, 1.54) is 0 Å². The van der Waals surface area contributed by atoms with E-state index in [1.807, 2.05) is 30.3 Å². The zero-order valence-corrected chi connectivity index (χ0v) is 9.91. The molecule has 0 aliphatic rings. The molecule has 0 N–H and O–H groups in total. The summed E-state index contributed by atoms with van der Waals surface area (Å²) in [5, 5.41) is 0. The van der Waals surface area contributed by atoms with Gasteiger partial charge in [-0.1, -0.05) is 30.3 Å². The van der Waals surface area contributed by atoms with Crippen molar-refractivity contribution in [2.45, 2.75) is 6.61 Å². The Labute approximate surface area is 106 Å². The third kappa shape index (κ3) is 3.71. The van der Waals surface area contributed by atoms with Crippen LogP contribution in [0.2, 0.25) is 0 Å². The maximum Gasteiger partial charge on any atom is 0.148 e. The number of furan rings is 1. The summed E-state index contributed by atoms with van der Waals surface area (Å²) < 4.78 is 10.6. The molecule has 18 heavy (non-hydrogen) atoms. The van der Waals surface area contributed by atoms with Crippen LogP contribution < -0.4 is 0 Å². The molecule has 1 heterocycles. The van der Waals surface area contributed by atoms with Gasteiger partial charge in [0.25, 0.3) is 0 Å². The van der Waals surface area contributed by atoms with Gasteiger partial charge in [0.1, 0.15) is 12.0 Å². The van der Waals surface area contributed by atoms with Gasteiger partial charge in [0.15, 0.2) is 0 Å². The van der Waals surface area contributed by atoms with Crippen molar-refractivity contribution >= 4 is 12.4 Å². The average Bonchev–Trinajstić information content (AvgIpc) is 2.92. The lowest BCUT2D eigenvalue weighted by molar-refractivity contribution is -0.105. The van der Waals surface area contributed by atoms with E-state index in [0.29, 0.717) is 17.9 Å². The summed E-state index contributed by atoms with van der Waals surface area (Å²) in [6, 6.07) is 13.4. The highest BCUT2D eigenvalue weighted by Crippen LogP contribution is 2.07. The van der Waals surface area contributed by atoms with Crippen molar-refractivity contribution in [2.24, 2.45) is 0 Å². The minimum Gasteiger partial charge on any atom is -0.465 e. The number of hydrogen-bond acceptors (Lipinski definition) is 3. The van der Waals surface area contributed by atoms with Gasteiger partial charge in [-0.3, -0.25) is 4.79 Å². The Kier molecular flexibility index (Phi) is 4.50. The molecule has 2 aromatic rings. The fourth-order valence-corrected chi connectivity index (χ4v) is 1.53. The van der Waals surface area contributed by atoms with Gasteiger partial charge in [-0.05, 0) is 23.8 Å². The summed E-state index contributed by atoms with van der Waals surface area (Å²) in [4.78, 5) is 10.9. The molecule has 1 aromatic carbocycles. The maximum absolute atomic E-state index is 10.9. The van der Waals surface area contributed by atoms with E-state index in [2.05, 4.69) is 0 Å². The van der Waals surface area contributed by atoms with Gasteiger partial charge in [-0.2, -0.15) is 0 Å². The number of rotatable bonds is 6. The summed E-state index contributed by atoms with van der Waals surface area (Å²) in [6.07, 6.45) is 4.03. The highest BCUT2D eigenvalue weighted by Gasteiger charge is 1.99. The molecule has 0 amide bonds. The molecule has 0 saturated carbocycles. The molecule has 0 unspecified atom stereocenters. The molecule has 0 atom stereocenters. The summed E-state index contributed by atoms with van der Waals surface area (Å²) in [7, 11) is 0. The predicted molar refractivity (Wildman–Crippen MR) is 68.8 cm³/mol. The lowest BCUT2D eigenvalue weighted by atomic mass is 10.2. The fourth-order valence-electron chi connectivity index (χ4n) is 1.53. The number of ether oxygens (including phenoxy) is 1. The first-order valence-electron chi connectivity index (χ1n) is 5.69. The SMILES string of the molecule is O=C/C(=C/c1ccco1)COCc1ccccc1. The van der Waals surface area contributed by atoms with E-state index in [4.69, 9.17) is 9.15 Å². The van der Waals surface area contributed by atoms with Crippen molar-refractivity contribution in [2.75, 3.05) is 6.61 Å². The van der Waals surface area contributed by atoms with Crippen LogP contribution in [0, 0.1) is 0 Å². The summed E-state index contributed by atoms with van der Waals surface area (Å²) >= 11 is 0. The van der Waals surface area contributed by atoms with Crippen LogP contribution in [0.3, 0.4) is 0 Å². The monoisotopic (exact) mass is 242 g/mol. The van der Waals surface area contributed by atoms with Gasteiger partial charge >= 0.3 is 0 Å². The molecule has 0 fully saturated rings. The minimum atomic E-state index is 0.277. The second kappa shape index (κ2) is 6.57. The molecule has 3 heteroatoms. The van der Waals surface area contributed by atoms with E-state index >= 15 is 0 Å². The second-order valence-electron chi connectivity index (χ2n) is 3.83. The Bertz CT molecular complexity index is 498. The molecule has 0 bridgehead atoms. The van der Waals surface area contributed by atoms with Gasteiger partial charge in [0.2, 0.25) is 0 Å². The molecule has 92 valence electrons. The Morgan fingerprint density at radius 1 is 1.17 bits per heavy atom. The van der Waals surface area contributed by atoms with E-state index < -0.39 is 0 Å². The van der Waals surface area contributed by atoms with Gasteiger partial charge in [0.05, 0.1) is 19.5 Å². The van der Waals surface area contributed by atoms with Gasteiger partial charge < -0.3 is 9.15 Å². The molecule has 0 spiro atoms. The van der Waals surface area contributed by atoms with Crippen molar-refractivity contribution in [1.29, 1.82) is 0 Å². The van der Waals surface area contributed by atoms with E-state index in [9.17, 15) is 4.79 Å². The number of carbonyl (C=O) groups excluding carboxylic acids is 1. The van der Waals surface area contributed by atoms with Gasteiger partial charge in [-0.15, -0.1) is 0 Å². The molecule has 0 aliphatic heterocycles. The first-order valence-corrected chi connectivity index (χ1v) is 5.69. The lowest BCUT2D eigenvalue weighted by Gasteiger charge is -2.03. The number of benzene rings is 1. The molecule has 3 nitrogen and oxygen atoms in total. The third-order valence-corrected chi connectivity index (χ3v) is 2.40. The Morgan fingerprint density at radius 2 is 2.00 bits per heavy atom. The number of aldehydes is 1. The van der Waals surface area contributed by atoms with Crippen LogP contribution in [0.4, 0.5) is 0 Å². The zero-order chi connectivity index (χ0) is 12.6. The van der Waals surface area contributed by atoms with Crippen molar-refractivity contribution in [1.82, 2.24) is 0 Å². The fraction of sp³-hybridized carbons (Fsp3) is 0.133. The largest absolute Gasteiger partial charge is 0.465 e. The average molecular weight is 242 g/mol. The summed E-state index contributed by atoms with van der Waals surface area (Å²) in [6.45, 7) is 0.767. The highest BCUT2D eigenvalue weighted by molar-refractivity contribution is 5.81. The topological polar surface area (TPSA) is 39.4 Å². The van der Waals surface area contributed by atoms with Gasteiger partial charge in [-0.25, -0.2) is 0 Å². The van der Waals surface area contributed by atoms with Crippen LogP contribution in [-0.4, -0.2) is 12.9 Å². The molecule has 0 saturated heterocycles. The molecule has 0 aliphatic carbocycles. The predicted octanol–water partition coefficient (Wildman–Crippen LogP) is 3.08. The third-order valence-electron chi connectivity index (χ3n) is 2.40. The maximum atomic E-state index is 10.9. The number of carbonyl (C=O) groups is 1. The highest BCUT2D eigenvalue weighted by atomic mass is 16.5. The van der Waals surface area contributed by atoms with Crippen LogP contribution in [0.15, 0.2) is 58.7 Å². The molecular formula is C15H14O3. The van der Waals surface area contributed by atoms with Crippen molar-refractivity contribution in [3.8, 4) is 0 Å². The molecule has 1 aromatic heterocycles. The summed E-state index contributed by atoms with van der Waals surface area (Å²) in [5.41, 5.74) is 1.64. The zero-order valence-electron chi connectivity index (χ0n) is 9.91. The molecule has 2 rings (SSSR count). The summed E-state index contributed by atoms with van der Waals surface area (Å²) in [5.74, 6) is 0.653. The van der Waals surface area contributed by atoms with Crippen molar-refractivity contribution in [3.63, 3.8) is 0 Å².